The van der Waals surface area contributed by atoms with E-state index < -0.39 is 5.97 Å². The minimum Gasteiger partial charge on any atom is -0.483 e. The Balaban J connectivity index is 2.57. The fourth-order valence-corrected chi connectivity index (χ4v) is 1.69. The van der Waals surface area contributed by atoms with Gasteiger partial charge in [0.1, 0.15) is 5.75 Å². The maximum absolute atomic E-state index is 11.4. The number of halogens is 1. The van der Waals surface area contributed by atoms with Crippen LogP contribution in [0.15, 0.2) is 18.2 Å². The number of carbonyl (C=O) groups excluding carboxylic acids is 1. The number of hydrogen-bond acceptors (Lipinski definition) is 4. The van der Waals surface area contributed by atoms with Crippen molar-refractivity contribution in [2.24, 2.45) is 0 Å². The first-order chi connectivity index (χ1) is 9.04. The van der Waals surface area contributed by atoms with E-state index in [-0.39, 0.29) is 31.0 Å². The number of nitrogens with zero attached hydrogens (tertiary/aromatic N) is 1. The van der Waals surface area contributed by atoms with Crippen LogP contribution < -0.4 is 10.1 Å². The van der Waals surface area contributed by atoms with Crippen molar-refractivity contribution in [1.29, 1.82) is 5.26 Å². The molecule has 0 aliphatic rings. The van der Waals surface area contributed by atoms with Crippen molar-refractivity contribution >= 4 is 34.5 Å². The molecule has 2 N–H and O–H groups in total. The lowest BCUT2D eigenvalue weighted by molar-refractivity contribution is -0.123. The van der Waals surface area contributed by atoms with Gasteiger partial charge in [-0.1, -0.05) is 0 Å². The Labute approximate surface area is 123 Å². The Morgan fingerprint density at radius 2 is 2.21 bits per heavy atom. The molecule has 0 aliphatic heterocycles. The van der Waals surface area contributed by atoms with Gasteiger partial charge in [0.15, 0.2) is 6.61 Å². The predicted molar refractivity (Wildman–Crippen MR) is 74.9 cm³/mol. The van der Waals surface area contributed by atoms with Crippen LogP contribution in [0.2, 0.25) is 0 Å². The van der Waals surface area contributed by atoms with Crippen molar-refractivity contribution < 1.29 is 19.4 Å². The molecule has 0 unspecified atom stereocenters. The van der Waals surface area contributed by atoms with Gasteiger partial charge in [-0.2, -0.15) is 5.26 Å². The van der Waals surface area contributed by atoms with Crippen molar-refractivity contribution in [3.63, 3.8) is 0 Å². The molecule has 0 saturated carbocycles. The van der Waals surface area contributed by atoms with E-state index >= 15 is 0 Å². The second-order valence-corrected chi connectivity index (χ2v) is 4.66. The SMILES string of the molecule is N#CCCNC(=O)COc1cc(C(=O)O)ccc1I. The number of carbonyl (C=O) groups is 2. The van der Waals surface area contributed by atoms with Crippen LogP contribution >= 0.6 is 22.6 Å². The van der Waals surface area contributed by atoms with Crippen LogP contribution in [0.3, 0.4) is 0 Å². The molecule has 0 aliphatic carbocycles. The molecule has 1 aromatic rings. The Morgan fingerprint density at radius 1 is 1.47 bits per heavy atom. The van der Waals surface area contributed by atoms with Crippen LogP contribution in [0.5, 0.6) is 5.75 Å². The summed E-state index contributed by atoms with van der Waals surface area (Å²) in [5, 5.41) is 19.7. The van der Waals surface area contributed by atoms with Crippen molar-refractivity contribution in [2.75, 3.05) is 13.2 Å². The number of carboxylic acid groups (broad SMARTS) is 1. The molecule has 100 valence electrons. The molecule has 0 bridgehead atoms. The third-order valence-electron chi connectivity index (χ3n) is 2.10. The molecule has 1 amide bonds. The van der Waals surface area contributed by atoms with Gasteiger partial charge in [-0.15, -0.1) is 0 Å². The van der Waals surface area contributed by atoms with E-state index in [1.165, 1.54) is 12.1 Å². The van der Waals surface area contributed by atoms with E-state index in [0.717, 1.165) is 0 Å². The Morgan fingerprint density at radius 3 is 2.84 bits per heavy atom. The molecule has 0 atom stereocenters. The van der Waals surface area contributed by atoms with Gasteiger partial charge in [-0.25, -0.2) is 4.79 Å². The Kier molecular flexibility index (Phi) is 6.08. The minimum absolute atomic E-state index is 0.0975. The highest BCUT2D eigenvalue weighted by Crippen LogP contribution is 2.22. The molecule has 7 heteroatoms. The van der Waals surface area contributed by atoms with Crippen molar-refractivity contribution in [3.8, 4) is 11.8 Å². The van der Waals surface area contributed by atoms with Crippen LogP contribution in [0.4, 0.5) is 0 Å². The van der Waals surface area contributed by atoms with Crippen molar-refractivity contribution in [2.45, 2.75) is 6.42 Å². The lowest BCUT2D eigenvalue weighted by atomic mass is 10.2. The average Bonchev–Trinajstić information content (AvgIpc) is 2.37. The summed E-state index contributed by atoms with van der Waals surface area (Å²) < 4.78 is 5.97. The third-order valence-corrected chi connectivity index (χ3v) is 2.99. The number of nitriles is 1. The summed E-state index contributed by atoms with van der Waals surface area (Å²) in [4.78, 5) is 22.2. The molecule has 0 aromatic heterocycles. The zero-order chi connectivity index (χ0) is 14.3. The smallest absolute Gasteiger partial charge is 0.335 e. The molecule has 1 aromatic carbocycles. The van der Waals surface area contributed by atoms with Crippen LogP contribution in [-0.4, -0.2) is 30.1 Å². The first-order valence-corrected chi connectivity index (χ1v) is 6.41. The van der Waals surface area contributed by atoms with E-state index in [0.29, 0.717) is 9.32 Å². The maximum Gasteiger partial charge on any atom is 0.335 e. The van der Waals surface area contributed by atoms with E-state index in [1.807, 2.05) is 28.7 Å². The number of ether oxygens (including phenoxy) is 1. The van der Waals surface area contributed by atoms with Gasteiger partial charge in [-0.3, -0.25) is 4.79 Å². The number of hydrogen-bond donors (Lipinski definition) is 2. The molecule has 1 rings (SSSR count). The fourth-order valence-electron chi connectivity index (χ4n) is 1.20. The highest BCUT2D eigenvalue weighted by Gasteiger charge is 2.09. The van der Waals surface area contributed by atoms with Gasteiger partial charge in [0.05, 0.1) is 21.6 Å². The maximum atomic E-state index is 11.4. The second kappa shape index (κ2) is 7.58. The van der Waals surface area contributed by atoms with Gasteiger partial charge in [-0.05, 0) is 40.8 Å². The number of rotatable bonds is 6. The van der Waals surface area contributed by atoms with Gasteiger partial charge in [0.25, 0.3) is 5.91 Å². The standard InChI is InChI=1S/C12H11IN2O4/c13-9-3-2-8(12(17)18)6-10(9)19-7-11(16)15-5-1-4-14/h2-3,6H,1,5,7H2,(H,15,16)(H,17,18). The van der Waals surface area contributed by atoms with Crippen molar-refractivity contribution in [1.82, 2.24) is 5.32 Å². The summed E-state index contributed by atoms with van der Waals surface area (Å²) in [5.41, 5.74) is 0.0975. The van der Waals surface area contributed by atoms with Crippen LogP contribution in [0.25, 0.3) is 0 Å². The Bertz CT molecular complexity index is 525. The molecule has 6 nitrogen and oxygen atoms in total. The predicted octanol–water partition coefficient (Wildman–Crippen LogP) is 1.40. The van der Waals surface area contributed by atoms with E-state index in [9.17, 15) is 9.59 Å². The fraction of sp³-hybridized carbons (Fsp3) is 0.250. The lowest BCUT2D eigenvalue weighted by Gasteiger charge is -2.09. The van der Waals surface area contributed by atoms with Crippen LogP contribution in [0.1, 0.15) is 16.8 Å². The molecule has 0 spiro atoms. The van der Waals surface area contributed by atoms with Crippen molar-refractivity contribution in [3.05, 3.63) is 27.3 Å². The number of benzene rings is 1. The number of amides is 1. The zero-order valence-electron chi connectivity index (χ0n) is 9.85. The van der Waals surface area contributed by atoms with Gasteiger partial charge >= 0.3 is 5.97 Å². The first-order valence-electron chi connectivity index (χ1n) is 5.34. The quantitative estimate of drug-likeness (QED) is 0.579. The second-order valence-electron chi connectivity index (χ2n) is 3.50. The largest absolute Gasteiger partial charge is 0.483 e. The monoisotopic (exact) mass is 374 g/mol. The first kappa shape index (κ1) is 15.2. The molecular weight excluding hydrogens is 363 g/mol. The zero-order valence-corrected chi connectivity index (χ0v) is 12.0. The number of carboxylic acids is 1. The van der Waals surface area contributed by atoms with E-state index in [2.05, 4.69) is 5.32 Å². The minimum atomic E-state index is -1.06. The highest BCUT2D eigenvalue weighted by molar-refractivity contribution is 14.1. The summed E-state index contributed by atoms with van der Waals surface area (Å²) in [6, 6.07) is 6.34. The molecule has 19 heavy (non-hydrogen) atoms. The number of aromatic carboxylic acids is 1. The topological polar surface area (TPSA) is 99.4 Å². The molecule has 0 fully saturated rings. The normalized spacial score (nSPS) is 9.47. The van der Waals surface area contributed by atoms with E-state index in [1.54, 1.807) is 6.07 Å². The van der Waals surface area contributed by atoms with Crippen LogP contribution in [-0.2, 0) is 4.79 Å². The summed E-state index contributed by atoms with van der Waals surface area (Å²) in [6.07, 6.45) is 0.234. The summed E-state index contributed by atoms with van der Waals surface area (Å²) in [6.45, 7) is 0.0510. The van der Waals surface area contributed by atoms with Gasteiger partial charge < -0.3 is 15.2 Å². The molecule has 0 saturated heterocycles. The summed E-state index contributed by atoms with van der Waals surface area (Å²) in [5.74, 6) is -1.07. The third kappa shape index (κ3) is 5.13. The molecule has 0 radical (unpaired) electrons. The lowest BCUT2D eigenvalue weighted by Crippen LogP contribution is -2.29. The summed E-state index contributed by atoms with van der Waals surface area (Å²) >= 11 is 1.99. The molecular formula is C12H11IN2O4. The molecule has 0 heterocycles. The number of nitrogens with one attached hydrogen (secondary N) is 1. The van der Waals surface area contributed by atoms with E-state index in [4.69, 9.17) is 15.1 Å². The van der Waals surface area contributed by atoms with Crippen LogP contribution in [0, 0.1) is 14.9 Å². The average molecular weight is 374 g/mol. The highest BCUT2D eigenvalue weighted by atomic mass is 127. The summed E-state index contributed by atoms with van der Waals surface area (Å²) in [7, 11) is 0. The van der Waals surface area contributed by atoms with Gasteiger partial charge in [0, 0.05) is 6.54 Å². The van der Waals surface area contributed by atoms with Gasteiger partial charge in [0.2, 0.25) is 0 Å². The Hall–Kier alpha value is -1.82.